The van der Waals surface area contributed by atoms with Gasteiger partial charge in [-0.05, 0) is 44.2 Å². The van der Waals surface area contributed by atoms with E-state index >= 15 is 0 Å². The minimum absolute atomic E-state index is 0. The molecule has 1 saturated heterocycles. The lowest BCUT2D eigenvalue weighted by atomic mass is 10.1. The minimum Gasteiger partial charge on any atom is -0.352 e. The summed E-state index contributed by atoms with van der Waals surface area (Å²) < 4.78 is 0. The molecule has 4 aromatic heterocycles. The molecule has 2 amide bonds. The van der Waals surface area contributed by atoms with Gasteiger partial charge in [-0.25, -0.2) is 9.97 Å². The van der Waals surface area contributed by atoms with Gasteiger partial charge in [0.05, 0.1) is 23.1 Å². The third-order valence-electron chi connectivity index (χ3n) is 6.33. The van der Waals surface area contributed by atoms with Crippen LogP contribution < -0.4 is 10.2 Å². The van der Waals surface area contributed by atoms with E-state index in [1.54, 1.807) is 31.5 Å². The number of carbonyl (C=O) groups is 2. The number of nitrogens with one attached hydrogen (secondary N) is 2. The molecule has 4 aromatic rings. The fourth-order valence-corrected chi connectivity index (χ4v) is 4.86. The second-order valence-electron chi connectivity index (χ2n) is 8.93. The fraction of sp³-hybridized carbons (Fsp3) is 0.269. The molecule has 0 spiro atoms. The summed E-state index contributed by atoms with van der Waals surface area (Å²) in [5.41, 5.74) is 3.48. The second kappa shape index (κ2) is 9.17. The SMILES string of the molecule is CC(=O)N1[C@H](C)CN(c2cccc(-c3c[nH]c4ncc(NC(=O)c5cccnc5)cc34)n2)C[C@@H]1C.[HH]. The summed E-state index contributed by atoms with van der Waals surface area (Å²) in [4.78, 5) is 45.4. The van der Waals surface area contributed by atoms with Crippen LogP contribution in [0.3, 0.4) is 0 Å². The van der Waals surface area contributed by atoms with Crippen LogP contribution in [0.15, 0.2) is 61.2 Å². The van der Waals surface area contributed by atoms with Gasteiger partial charge in [0, 0.05) is 63.1 Å². The van der Waals surface area contributed by atoms with Crippen LogP contribution in [0.5, 0.6) is 0 Å². The molecule has 0 aromatic carbocycles. The Bertz CT molecular complexity index is 1380. The number of nitrogens with zero attached hydrogens (tertiary/aromatic N) is 5. The van der Waals surface area contributed by atoms with Gasteiger partial charge >= 0.3 is 0 Å². The van der Waals surface area contributed by atoms with Crippen molar-refractivity contribution in [1.82, 2.24) is 24.8 Å². The van der Waals surface area contributed by atoms with Gasteiger partial charge in [-0.2, -0.15) is 0 Å². The first kappa shape index (κ1) is 22.5. The average Bonchev–Trinajstić information content (AvgIpc) is 3.27. The molecule has 0 aliphatic carbocycles. The first-order valence-corrected chi connectivity index (χ1v) is 11.6. The summed E-state index contributed by atoms with van der Waals surface area (Å²) in [6, 6.07) is 11.5. The molecule has 0 bridgehead atoms. The zero-order valence-electron chi connectivity index (χ0n) is 19.9. The molecule has 2 N–H and O–H groups in total. The van der Waals surface area contributed by atoms with Crippen LogP contribution >= 0.6 is 0 Å². The molecule has 1 aliphatic heterocycles. The smallest absolute Gasteiger partial charge is 0.257 e. The number of rotatable bonds is 4. The largest absolute Gasteiger partial charge is 0.352 e. The number of piperazine rings is 1. The second-order valence-corrected chi connectivity index (χ2v) is 8.93. The highest BCUT2D eigenvalue weighted by Gasteiger charge is 2.31. The molecule has 5 rings (SSSR count). The maximum atomic E-state index is 12.6. The molecule has 0 radical (unpaired) electrons. The molecule has 1 aliphatic rings. The van der Waals surface area contributed by atoms with E-state index in [1.807, 2.05) is 35.4 Å². The molecular formula is C26H29N7O2. The van der Waals surface area contributed by atoms with E-state index in [0.717, 1.165) is 35.6 Å². The minimum atomic E-state index is -0.246. The Morgan fingerprint density at radius 2 is 1.91 bits per heavy atom. The molecule has 9 nitrogen and oxygen atoms in total. The standard InChI is InChI=1S/C26H27N7O2.H2/c1-16-14-32(15-17(2)33(16)18(3)34)24-8-4-7-23(31-24)22-13-29-25-21(22)10-20(12-28-25)30-26(35)19-6-5-9-27-11-19;/h4-13,16-17H,14-15H2,1-3H3,(H,28,29)(H,30,35);1H/t16-,17+;. The van der Waals surface area contributed by atoms with E-state index in [2.05, 4.69) is 39.0 Å². The van der Waals surface area contributed by atoms with Crippen molar-refractivity contribution in [3.8, 4) is 11.3 Å². The number of H-pyrrole nitrogens is 1. The number of anilines is 2. The Hall–Kier alpha value is -4.27. The summed E-state index contributed by atoms with van der Waals surface area (Å²) in [7, 11) is 0. The number of hydrogen-bond acceptors (Lipinski definition) is 6. The molecule has 1 fully saturated rings. The van der Waals surface area contributed by atoms with Gasteiger partial charge in [0.25, 0.3) is 5.91 Å². The Morgan fingerprint density at radius 3 is 2.63 bits per heavy atom. The van der Waals surface area contributed by atoms with Gasteiger partial charge in [-0.1, -0.05) is 6.07 Å². The highest BCUT2D eigenvalue weighted by Crippen LogP contribution is 2.30. The van der Waals surface area contributed by atoms with Gasteiger partial charge in [0.1, 0.15) is 11.5 Å². The van der Waals surface area contributed by atoms with E-state index in [0.29, 0.717) is 16.9 Å². The number of aromatic nitrogens is 4. The van der Waals surface area contributed by atoms with Crippen LogP contribution in [0, 0.1) is 0 Å². The molecule has 0 unspecified atom stereocenters. The van der Waals surface area contributed by atoms with E-state index < -0.39 is 0 Å². The normalized spacial score (nSPS) is 18.0. The number of pyridine rings is 3. The Balaban J connectivity index is 0.00000304. The van der Waals surface area contributed by atoms with E-state index in [-0.39, 0.29) is 25.3 Å². The average molecular weight is 472 g/mol. The van der Waals surface area contributed by atoms with Crippen LogP contribution in [0.4, 0.5) is 11.5 Å². The Labute approximate surface area is 204 Å². The first-order chi connectivity index (χ1) is 16.9. The number of amides is 2. The van der Waals surface area contributed by atoms with Crippen molar-refractivity contribution in [3.05, 3.63) is 66.7 Å². The summed E-state index contributed by atoms with van der Waals surface area (Å²) in [6.07, 6.45) is 6.66. The Kier molecular flexibility index (Phi) is 5.90. The zero-order chi connectivity index (χ0) is 24.5. The van der Waals surface area contributed by atoms with Crippen molar-refractivity contribution in [1.29, 1.82) is 0 Å². The van der Waals surface area contributed by atoms with Crippen LogP contribution in [-0.4, -0.2) is 61.8 Å². The number of carbonyl (C=O) groups excluding carboxylic acids is 2. The molecule has 0 saturated carbocycles. The Morgan fingerprint density at radius 1 is 1.11 bits per heavy atom. The van der Waals surface area contributed by atoms with Crippen molar-refractivity contribution >= 4 is 34.4 Å². The summed E-state index contributed by atoms with van der Waals surface area (Å²) in [5.74, 6) is 0.723. The summed E-state index contributed by atoms with van der Waals surface area (Å²) >= 11 is 0. The zero-order valence-corrected chi connectivity index (χ0v) is 19.9. The molecule has 2 atom stereocenters. The van der Waals surface area contributed by atoms with Crippen molar-refractivity contribution in [3.63, 3.8) is 0 Å². The third kappa shape index (κ3) is 4.44. The third-order valence-corrected chi connectivity index (χ3v) is 6.33. The monoisotopic (exact) mass is 471 g/mol. The molecule has 5 heterocycles. The number of hydrogen-bond donors (Lipinski definition) is 2. The quantitative estimate of drug-likeness (QED) is 0.467. The highest BCUT2D eigenvalue weighted by molar-refractivity contribution is 6.05. The molecule has 180 valence electrons. The van der Waals surface area contributed by atoms with Crippen LogP contribution in [0.25, 0.3) is 22.3 Å². The lowest BCUT2D eigenvalue weighted by Gasteiger charge is -2.44. The van der Waals surface area contributed by atoms with Crippen LogP contribution in [0.2, 0.25) is 0 Å². The predicted octanol–water partition coefficient (Wildman–Crippen LogP) is 3.96. The van der Waals surface area contributed by atoms with E-state index in [1.165, 1.54) is 6.20 Å². The first-order valence-electron chi connectivity index (χ1n) is 11.6. The molecule has 9 heteroatoms. The molecular weight excluding hydrogens is 442 g/mol. The lowest BCUT2D eigenvalue weighted by molar-refractivity contribution is -0.133. The molecule has 35 heavy (non-hydrogen) atoms. The van der Waals surface area contributed by atoms with Crippen molar-refractivity contribution in [2.75, 3.05) is 23.3 Å². The number of fused-ring (bicyclic) bond motifs is 1. The van der Waals surface area contributed by atoms with E-state index in [4.69, 9.17) is 4.98 Å². The van der Waals surface area contributed by atoms with Crippen LogP contribution in [-0.2, 0) is 4.79 Å². The van der Waals surface area contributed by atoms with Gasteiger partial charge < -0.3 is 20.1 Å². The number of aromatic amines is 1. The van der Waals surface area contributed by atoms with Gasteiger partial charge in [-0.15, -0.1) is 0 Å². The van der Waals surface area contributed by atoms with Gasteiger partial charge in [-0.3, -0.25) is 14.6 Å². The van der Waals surface area contributed by atoms with E-state index in [9.17, 15) is 9.59 Å². The maximum absolute atomic E-state index is 12.6. The van der Waals surface area contributed by atoms with Gasteiger partial charge in [0.15, 0.2) is 0 Å². The lowest BCUT2D eigenvalue weighted by Crippen LogP contribution is -2.58. The predicted molar refractivity (Wildman–Crippen MR) is 137 cm³/mol. The maximum Gasteiger partial charge on any atom is 0.257 e. The summed E-state index contributed by atoms with van der Waals surface area (Å²) in [6.45, 7) is 7.21. The van der Waals surface area contributed by atoms with Crippen molar-refractivity contribution < 1.29 is 11.0 Å². The topological polar surface area (TPSA) is 107 Å². The van der Waals surface area contributed by atoms with Crippen molar-refractivity contribution in [2.24, 2.45) is 0 Å². The van der Waals surface area contributed by atoms with Gasteiger partial charge in [0.2, 0.25) is 5.91 Å². The highest BCUT2D eigenvalue weighted by atomic mass is 16.2. The fourth-order valence-electron chi connectivity index (χ4n) is 4.86. The summed E-state index contributed by atoms with van der Waals surface area (Å²) in [5, 5.41) is 3.75. The van der Waals surface area contributed by atoms with Crippen molar-refractivity contribution in [2.45, 2.75) is 32.9 Å². The van der Waals surface area contributed by atoms with Crippen LogP contribution in [0.1, 0.15) is 32.6 Å².